The van der Waals surface area contributed by atoms with E-state index in [1.165, 1.54) is 18.4 Å². The summed E-state index contributed by atoms with van der Waals surface area (Å²) in [4.78, 5) is 4.67. The van der Waals surface area contributed by atoms with Crippen LogP contribution in [-0.4, -0.2) is 50.0 Å². The lowest BCUT2D eigenvalue weighted by Crippen LogP contribution is -2.49. The van der Waals surface area contributed by atoms with Crippen molar-refractivity contribution in [3.8, 4) is 0 Å². The molecule has 3 atom stereocenters. The summed E-state index contributed by atoms with van der Waals surface area (Å²) in [5.74, 6) is 0.588. The fraction of sp³-hybridized carbons (Fsp3) is 0.571. The molecule has 3 heterocycles. The maximum atomic E-state index is 11.5. The number of piperidine rings is 2. The van der Waals surface area contributed by atoms with Crippen molar-refractivity contribution in [3.63, 3.8) is 0 Å². The molecule has 2 aliphatic rings. The summed E-state index contributed by atoms with van der Waals surface area (Å²) in [6.07, 6.45) is 5.15. The number of hydrogen-bond donors (Lipinski definition) is 3. The second-order valence-corrected chi connectivity index (χ2v) is 7.75. The minimum absolute atomic E-state index is 0.0531. The summed E-state index contributed by atoms with van der Waals surface area (Å²) in [5, 5.41) is 19.4. The molecule has 3 N–H and O–H groups in total. The third kappa shape index (κ3) is 3.37. The van der Waals surface area contributed by atoms with Gasteiger partial charge in [-0.15, -0.1) is 0 Å². The predicted molar refractivity (Wildman–Crippen MR) is 103 cm³/mol. The van der Waals surface area contributed by atoms with Crippen LogP contribution in [-0.2, 0) is 10.3 Å². The fourth-order valence-corrected chi connectivity index (χ4v) is 4.48. The zero-order valence-corrected chi connectivity index (χ0v) is 15.5. The van der Waals surface area contributed by atoms with Crippen LogP contribution >= 0.6 is 0 Å². The minimum atomic E-state index is -0.849. The fourth-order valence-electron chi connectivity index (χ4n) is 4.48. The smallest absolute Gasteiger partial charge is 0.0971 e. The van der Waals surface area contributed by atoms with Gasteiger partial charge in [0.2, 0.25) is 0 Å². The molecule has 4 rings (SSSR count). The van der Waals surface area contributed by atoms with Crippen molar-refractivity contribution < 1.29 is 9.84 Å². The lowest BCUT2D eigenvalue weighted by molar-refractivity contribution is -0.0715. The molecule has 140 valence electrons. The first-order valence-corrected chi connectivity index (χ1v) is 9.73. The van der Waals surface area contributed by atoms with Crippen molar-refractivity contribution >= 4 is 10.9 Å². The second kappa shape index (κ2) is 7.61. The van der Waals surface area contributed by atoms with E-state index in [-0.39, 0.29) is 5.92 Å². The molecule has 26 heavy (non-hydrogen) atoms. The van der Waals surface area contributed by atoms with Gasteiger partial charge in [-0.3, -0.25) is 4.98 Å². The van der Waals surface area contributed by atoms with Crippen LogP contribution < -0.4 is 10.6 Å². The van der Waals surface area contributed by atoms with E-state index in [0.29, 0.717) is 18.9 Å². The molecule has 1 aromatic carbocycles. The molecule has 5 heteroatoms. The minimum Gasteiger partial charge on any atom is -0.385 e. The van der Waals surface area contributed by atoms with E-state index < -0.39 is 5.60 Å². The van der Waals surface area contributed by atoms with Crippen LogP contribution in [0.4, 0.5) is 0 Å². The van der Waals surface area contributed by atoms with Crippen LogP contribution in [0.2, 0.25) is 0 Å². The van der Waals surface area contributed by atoms with Crippen molar-refractivity contribution in [2.75, 3.05) is 39.9 Å². The maximum Gasteiger partial charge on any atom is 0.0971 e. The highest BCUT2D eigenvalue weighted by atomic mass is 16.5. The van der Waals surface area contributed by atoms with E-state index in [9.17, 15) is 5.11 Å². The number of pyridine rings is 1. The molecule has 2 saturated heterocycles. The Morgan fingerprint density at radius 3 is 2.92 bits per heavy atom. The summed E-state index contributed by atoms with van der Waals surface area (Å²) in [6, 6.07) is 8.47. The number of fused-ring (bicyclic) bond motifs is 1. The largest absolute Gasteiger partial charge is 0.385 e. The molecule has 3 unspecified atom stereocenters. The zero-order chi connectivity index (χ0) is 18.0. The molecule has 0 spiro atoms. The van der Waals surface area contributed by atoms with E-state index in [1.54, 1.807) is 7.11 Å². The van der Waals surface area contributed by atoms with Gasteiger partial charge < -0.3 is 20.5 Å². The maximum absolute atomic E-state index is 11.5. The van der Waals surface area contributed by atoms with Crippen LogP contribution in [0.5, 0.6) is 0 Å². The highest BCUT2D eigenvalue weighted by molar-refractivity contribution is 5.80. The van der Waals surface area contributed by atoms with E-state index in [4.69, 9.17) is 4.74 Å². The van der Waals surface area contributed by atoms with Gasteiger partial charge in [-0.2, -0.15) is 0 Å². The van der Waals surface area contributed by atoms with Crippen LogP contribution in [0.1, 0.15) is 36.3 Å². The van der Waals surface area contributed by atoms with E-state index in [1.807, 2.05) is 18.3 Å². The summed E-state index contributed by atoms with van der Waals surface area (Å²) in [5.41, 5.74) is 2.42. The summed E-state index contributed by atoms with van der Waals surface area (Å²) < 4.78 is 5.36. The van der Waals surface area contributed by atoms with Gasteiger partial charge in [0.15, 0.2) is 0 Å². The number of rotatable bonds is 4. The standard InChI is InChI=1S/C21H29N3O2/c1-26-14-19-13-23-8-6-21(19,25)18-4-5-20-16(10-18)9-17(12-24-20)15-3-2-7-22-11-15/h4-5,9-10,12,15,19,22-23,25H,2-3,6-8,11,13-14H2,1H3. The van der Waals surface area contributed by atoms with Crippen LogP contribution in [0.15, 0.2) is 30.5 Å². The number of aliphatic hydroxyl groups is 1. The van der Waals surface area contributed by atoms with Crippen molar-refractivity contribution in [3.05, 3.63) is 41.6 Å². The molecule has 0 aliphatic carbocycles. The van der Waals surface area contributed by atoms with Gasteiger partial charge in [0.1, 0.15) is 0 Å². The Kier molecular flexibility index (Phi) is 5.23. The molecule has 0 radical (unpaired) electrons. The number of ether oxygens (including phenoxy) is 1. The average Bonchev–Trinajstić information content (AvgIpc) is 2.70. The zero-order valence-electron chi connectivity index (χ0n) is 15.5. The van der Waals surface area contributed by atoms with Crippen LogP contribution in [0.3, 0.4) is 0 Å². The Labute approximate surface area is 155 Å². The van der Waals surface area contributed by atoms with E-state index in [2.05, 4.69) is 27.8 Å². The van der Waals surface area contributed by atoms with Gasteiger partial charge >= 0.3 is 0 Å². The van der Waals surface area contributed by atoms with Crippen LogP contribution in [0.25, 0.3) is 10.9 Å². The Balaban J connectivity index is 1.69. The first-order valence-electron chi connectivity index (χ1n) is 9.73. The average molecular weight is 355 g/mol. The summed E-state index contributed by atoms with van der Waals surface area (Å²) in [6.45, 7) is 4.28. The first kappa shape index (κ1) is 17.9. The number of hydrogen-bond acceptors (Lipinski definition) is 5. The highest BCUT2D eigenvalue weighted by Gasteiger charge is 2.40. The van der Waals surface area contributed by atoms with E-state index >= 15 is 0 Å². The summed E-state index contributed by atoms with van der Waals surface area (Å²) in [7, 11) is 1.70. The Morgan fingerprint density at radius 2 is 2.12 bits per heavy atom. The third-order valence-corrected chi connectivity index (χ3v) is 6.09. The molecular formula is C21H29N3O2. The predicted octanol–water partition coefficient (Wildman–Crippen LogP) is 2.15. The van der Waals surface area contributed by atoms with Gasteiger partial charge in [0.25, 0.3) is 0 Å². The Bertz CT molecular complexity index is 758. The van der Waals surface area contributed by atoms with Gasteiger partial charge in [0, 0.05) is 37.7 Å². The van der Waals surface area contributed by atoms with Gasteiger partial charge in [-0.25, -0.2) is 0 Å². The Hall–Kier alpha value is -1.53. The van der Waals surface area contributed by atoms with Crippen molar-refractivity contribution in [2.45, 2.75) is 30.8 Å². The first-order chi connectivity index (χ1) is 12.7. The van der Waals surface area contributed by atoms with Crippen LogP contribution in [0, 0.1) is 5.92 Å². The lowest BCUT2D eigenvalue weighted by Gasteiger charge is -2.40. The normalized spacial score (nSPS) is 29.8. The number of nitrogens with zero attached hydrogens (tertiary/aromatic N) is 1. The molecule has 1 aromatic heterocycles. The number of benzene rings is 1. The number of methoxy groups -OCH3 is 1. The van der Waals surface area contributed by atoms with Crippen molar-refractivity contribution in [2.24, 2.45) is 5.92 Å². The molecule has 0 amide bonds. The molecule has 2 aliphatic heterocycles. The topological polar surface area (TPSA) is 66.4 Å². The lowest BCUT2D eigenvalue weighted by atomic mass is 9.76. The highest BCUT2D eigenvalue weighted by Crippen LogP contribution is 2.37. The molecule has 0 bridgehead atoms. The van der Waals surface area contributed by atoms with E-state index in [0.717, 1.165) is 42.6 Å². The molecular weight excluding hydrogens is 326 g/mol. The molecule has 2 fully saturated rings. The Morgan fingerprint density at radius 1 is 1.23 bits per heavy atom. The van der Waals surface area contributed by atoms with Gasteiger partial charge in [-0.05, 0) is 67.6 Å². The van der Waals surface area contributed by atoms with Gasteiger partial charge in [0.05, 0.1) is 17.7 Å². The third-order valence-electron chi connectivity index (χ3n) is 6.09. The molecule has 2 aromatic rings. The quantitative estimate of drug-likeness (QED) is 0.784. The molecule has 5 nitrogen and oxygen atoms in total. The van der Waals surface area contributed by atoms with Gasteiger partial charge in [-0.1, -0.05) is 6.07 Å². The second-order valence-electron chi connectivity index (χ2n) is 7.75. The molecule has 0 saturated carbocycles. The number of aromatic nitrogens is 1. The summed E-state index contributed by atoms with van der Waals surface area (Å²) >= 11 is 0. The SMILES string of the molecule is COCC1CNCCC1(O)c1ccc2ncc(C3CCCNC3)cc2c1. The van der Waals surface area contributed by atoms with Crippen molar-refractivity contribution in [1.82, 2.24) is 15.6 Å². The monoisotopic (exact) mass is 355 g/mol. The van der Waals surface area contributed by atoms with Crippen molar-refractivity contribution in [1.29, 1.82) is 0 Å². The number of nitrogens with one attached hydrogen (secondary N) is 2.